The summed E-state index contributed by atoms with van der Waals surface area (Å²) in [6, 6.07) is 11.6. The van der Waals surface area contributed by atoms with Crippen LogP contribution in [0.25, 0.3) is 0 Å². The van der Waals surface area contributed by atoms with E-state index in [-0.39, 0.29) is 11.5 Å². The van der Waals surface area contributed by atoms with Crippen LogP contribution in [0.3, 0.4) is 0 Å². The number of nitrogens with zero attached hydrogens (tertiary/aromatic N) is 3. The van der Waals surface area contributed by atoms with E-state index in [2.05, 4.69) is 43.6 Å². The predicted octanol–water partition coefficient (Wildman–Crippen LogP) is 3.45. The lowest BCUT2D eigenvalue weighted by Crippen LogP contribution is -2.49. The van der Waals surface area contributed by atoms with Crippen LogP contribution in [-0.2, 0) is 15.4 Å². The maximum Gasteiger partial charge on any atom is 0.243 e. The van der Waals surface area contributed by atoms with Crippen molar-refractivity contribution in [2.75, 3.05) is 26.2 Å². The van der Waals surface area contributed by atoms with E-state index in [9.17, 15) is 8.42 Å². The van der Waals surface area contributed by atoms with Crippen molar-refractivity contribution in [1.29, 1.82) is 0 Å². The van der Waals surface area contributed by atoms with Crippen LogP contribution >= 0.6 is 0 Å². The Kier molecular flexibility index (Phi) is 5.70. The fraction of sp³-hybridized carbons (Fsp3) is 0.476. The highest BCUT2D eigenvalue weighted by atomic mass is 32.2. The molecule has 5 nitrogen and oxygen atoms in total. The van der Waals surface area contributed by atoms with Crippen molar-refractivity contribution in [3.05, 3.63) is 59.9 Å². The van der Waals surface area contributed by atoms with Gasteiger partial charge in [0.1, 0.15) is 0 Å². The van der Waals surface area contributed by atoms with Crippen molar-refractivity contribution in [2.45, 2.75) is 44.0 Å². The lowest BCUT2D eigenvalue weighted by Gasteiger charge is -2.37. The number of benzene rings is 1. The van der Waals surface area contributed by atoms with Crippen LogP contribution in [-0.4, -0.2) is 48.8 Å². The maximum atomic E-state index is 13.0. The van der Waals surface area contributed by atoms with Gasteiger partial charge in [0.2, 0.25) is 10.0 Å². The van der Waals surface area contributed by atoms with Crippen LogP contribution in [0, 0.1) is 0 Å². The van der Waals surface area contributed by atoms with Gasteiger partial charge in [0, 0.05) is 44.6 Å². The number of hydrogen-bond acceptors (Lipinski definition) is 4. The molecule has 27 heavy (non-hydrogen) atoms. The number of rotatable bonds is 4. The molecular formula is C21H29N3O2S. The minimum Gasteiger partial charge on any atom is -0.294 e. The molecule has 0 bridgehead atoms. The molecule has 0 saturated carbocycles. The van der Waals surface area contributed by atoms with Crippen LogP contribution in [0.4, 0.5) is 0 Å². The van der Waals surface area contributed by atoms with Gasteiger partial charge in [-0.1, -0.05) is 39.0 Å². The van der Waals surface area contributed by atoms with E-state index in [1.165, 1.54) is 0 Å². The summed E-state index contributed by atoms with van der Waals surface area (Å²) in [5, 5.41) is 0. The van der Waals surface area contributed by atoms with Crippen molar-refractivity contribution in [1.82, 2.24) is 14.2 Å². The molecular weight excluding hydrogens is 358 g/mol. The quantitative estimate of drug-likeness (QED) is 0.806. The van der Waals surface area contributed by atoms with Crippen molar-refractivity contribution in [2.24, 2.45) is 0 Å². The molecule has 146 valence electrons. The predicted molar refractivity (Wildman–Crippen MR) is 108 cm³/mol. The highest BCUT2D eigenvalue weighted by molar-refractivity contribution is 7.89. The third-order valence-electron chi connectivity index (χ3n) is 5.35. The van der Waals surface area contributed by atoms with Crippen molar-refractivity contribution < 1.29 is 8.42 Å². The van der Waals surface area contributed by atoms with E-state index >= 15 is 0 Å². The molecule has 2 aromatic rings. The number of piperazine rings is 1. The van der Waals surface area contributed by atoms with Gasteiger partial charge in [0.05, 0.1) is 4.90 Å². The summed E-state index contributed by atoms with van der Waals surface area (Å²) in [5.41, 5.74) is 2.30. The fourth-order valence-corrected chi connectivity index (χ4v) is 4.86. The van der Waals surface area contributed by atoms with Gasteiger partial charge in [0.25, 0.3) is 0 Å². The summed E-state index contributed by atoms with van der Waals surface area (Å²) < 4.78 is 27.6. The smallest absolute Gasteiger partial charge is 0.243 e. The molecule has 1 saturated heterocycles. The molecule has 6 heteroatoms. The standard InChI is InChI=1S/C21H29N3O2S/c1-17(18-6-5-11-22-16-18)23-12-14-24(15-13-23)27(25,26)20-9-7-19(8-10-20)21(2,3)4/h5-11,16-17H,12-15H2,1-4H3. The van der Waals surface area contributed by atoms with Crippen LogP contribution in [0.15, 0.2) is 53.7 Å². The average Bonchev–Trinajstić information content (AvgIpc) is 2.67. The number of hydrogen-bond donors (Lipinski definition) is 0. The van der Waals surface area contributed by atoms with Crippen LogP contribution in [0.5, 0.6) is 0 Å². The Morgan fingerprint density at radius 1 is 1.00 bits per heavy atom. The maximum absolute atomic E-state index is 13.0. The van der Waals surface area contributed by atoms with Gasteiger partial charge in [-0.05, 0) is 41.7 Å². The van der Waals surface area contributed by atoms with Gasteiger partial charge in [-0.25, -0.2) is 8.42 Å². The molecule has 0 spiro atoms. The molecule has 3 rings (SSSR count). The second-order valence-electron chi connectivity index (χ2n) is 8.18. The van der Waals surface area contributed by atoms with Gasteiger partial charge in [0.15, 0.2) is 0 Å². The zero-order chi connectivity index (χ0) is 19.7. The van der Waals surface area contributed by atoms with E-state index in [1.54, 1.807) is 22.6 Å². The molecule has 1 aromatic heterocycles. The minimum atomic E-state index is -3.44. The van der Waals surface area contributed by atoms with Gasteiger partial charge < -0.3 is 0 Å². The first-order valence-electron chi connectivity index (χ1n) is 9.44. The second kappa shape index (κ2) is 7.70. The Labute approximate surface area is 163 Å². The Morgan fingerprint density at radius 3 is 2.15 bits per heavy atom. The zero-order valence-electron chi connectivity index (χ0n) is 16.6. The van der Waals surface area contributed by atoms with Gasteiger partial charge >= 0.3 is 0 Å². The lowest BCUT2D eigenvalue weighted by molar-refractivity contribution is 0.145. The molecule has 0 amide bonds. The van der Waals surface area contributed by atoms with E-state index in [0.717, 1.165) is 24.2 Å². The van der Waals surface area contributed by atoms with Crippen molar-refractivity contribution in [3.8, 4) is 0 Å². The number of pyridine rings is 1. The SMILES string of the molecule is CC(c1cccnc1)N1CCN(S(=O)(=O)c2ccc(C(C)(C)C)cc2)CC1. The van der Waals surface area contributed by atoms with Gasteiger partial charge in [-0.2, -0.15) is 4.31 Å². The second-order valence-corrected chi connectivity index (χ2v) is 10.1. The molecule has 1 atom stereocenters. The molecule has 1 aromatic carbocycles. The van der Waals surface area contributed by atoms with Crippen LogP contribution < -0.4 is 0 Å². The Bertz CT molecular complexity index is 851. The normalized spacial score (nSPS) is 18.4. The summed E-state index contributed by atoms with van der Waals surface area (Å²) in [4.78, 5) is 6.88. The third kappa shape index (κ3) is 4.39. The summed E-state index contributed by atoms with van der Waals surface area (Å²) in [5.74, 6) is 0. The highest BCUT2D eigenvalue weighted by Gasteiger charge is 2.30. The molecule has 1 fully saturated rings. The van der Waals surface area contributed by atoms with Crippen molar-refractivity contribution >= 4 is 10.0 Å². The fourth-order valence-electron chi connectivity index (χ4n) is 3.44. The largest absolute Gasteiger partial charge is 0.294 e. The summed E-state index contributed by atoms with van der Waals surface area (Å²) in [6.45, 7) is 11.0. The molecule has 0 radical (unpaired) electrons. The van der Waals surface area contributed by atoms with Crippen LogP contribution in [0.2, 0.25) is 0 Å². The third-order valence-corrected chi connectivity index (χ3v) is 7.26. The molecule has 1 aliphatic rings. The van der Waals surface area contributed by atoms with E-state index in [0.29, 0.717) is 18.0 Å². The van der Waals surface area contributed by atoms with Gasteiger partial charge in [-0.3, -0.25) is 9.88 Å². The molecule has 0 aliphatic carbocycles. The summed E-state index contributed by atoms with van der Waals surface area (Å²) >= 11 is 0. The Hall–Kier alpha value is -1.76. The van der Waals surface area contributed by atoms with E-state index < -0.39 is 10.0 Å². The number of sulfonamides is 1. The first-order valence-corrected chi connectivity index (χ1v) is 10.9. The minimum absolute atomic E-state index is 0.0103. The summed E-state index contributed by atoms with van der Waals surface area (Å²) in [7, 11) is -3.44. The first kappa shape index (κ1) is 20.0. The lowest BCUT2D eigenvalue weighted by atomic mass is 9.87. The van der Waals surface area contributed by atoms with E-state index in [4.69, 9.17) is 0 Å². The molecule has 0 N–H and O–H groups in total. The first-order chi connectivity index (χ1) is 12.7. The monoisotopic (exact) mass is 387 g/mol. The van der Waals surface area contributed by atoms with Crippen molar-refractivity contribution in [3.63, 3.8) is 0 Å². The van der Waals surface area contributed by atoms with Gasteiger partial charge in [-0.15, -0.1) is 0 Å². The Morgan fingerprint density at radius 2 is 1.63 bits per heavy atom. The van der Waals surface area contributed by atoms with E-state index in [1.807, 2.05) is 24.4 Å². The topological polar surface area (TPSA) is 53.5 Å². The molecule has 2 heterocycles. The number of aromatic nitrogens is 1. The molecule has 1 unspecified atom stereocenters. The Balaban J connectivity index is 1.68. The molecule has 1 aliphatic heterocycles. The zero-order valence-corrected chi connectivity index (χ0v) is 17.4. The van der Waals surface area contributed by atoms with Crippen LogP contribution in [0.1, 0.15) is 44.9 Å². The average molecular weight is 388 g/mol. The summed E-state index contributed by atoms with van der Waals surface area (Å²) in [6.07, 6.45) is 3.65. The highest BCUT2D eigenvalue weighted by Crippen LogP contribution is 2.26.